The molecule has 1 heterocycles. The van der Waals surface area contributed by atoms with Gasteiger partial charge in [-0.2, -0.15) is 18.4 Å². The van der Waals surface area contributed by atoms with Crippen LogP contribution in [0.5, 0.6) is 0 Å². The fourth-order valence-corrected chi connectivity index (χ4v) is 3.13. The molecule has 0 saturated carbocycles. The number of benzene rings is 2. The Morgan fingerprint density at radius 3 is 2.64 bits per heavy atom. The molecule has 5 nitrogen and oxygen atoms in total. The Morgan fingerprint density at radius 1 is 1.25 bits per heavy atom. The average Bonchev–Trinajstić information content (AvgIpc) is 3.03. The SMILES string of the molecule is N#Cc1ccc(NC(=O)[C@@H]2CC(=O)N(c3cccc(C(F)(F)F)c3)C2)cc1Cl. The topological polar surface area (TPSA) is 73.2 Å². The van der Waals surface area contributed by atoms with Crippen LogP contribution in [0.4, 0.5) is 24.5 Å². The minimum absolute atomic E-state index is 0.0318. The maximum Gasteiger partial charge on any atom is 0.416 e. The summed E-state index contributed by atoms with van der Waals surface area (Å²) in [5.41, 5.74) is -0.153. The first-order valence-electron chi connectivity index (χ1n) is 8.17. The van der Waals surface area contributed by atoms with Crippen molar-refractivity contribution in [1.29, 1.82) is 5.26 Å². The number of alkyl halides is 3. The molecule has 2 aromatic carbocycles. The maximum atomic E-state index is 12.9. The summed E-state index contributed by atoms with van der Waals surface area (Å²) in [5.74, 6) is -1.61. The van der Waals surface area contributed by atoms with E-state index in [-0.39, 0.29) is 29.2 Å². The van der Waals surface area contributed by atoms with Crippen molar-refractivity contribution in [2.75, 3.05) is 16.8 Å². The number of carbonyl (C=O) groups is 2. The predicted molar refractivity (Wildman–Crippen MR) is 96.7 cm³/mol. The number of nitriles is 1. The summed E-state index contributed by atoms with van der Waals surface area (Å²) in [7, 11) is 0. The molecule has 3 rings (SSSR count). The van der Waals surface area contributed by atoms with E-state index in [9.17, 15) is 22.8 Å². The first kappa shape index (κ1) is 19.7. The highest BCUT2D eigenvalue weighted by molar-refractivity contribution is 6.32. The van der Waals surface area contributed by atoms with Gasteiger partial charge < -0.3 is 10.2 Å². The molecule has 2 amide bonds. The van der Waals surface area contributed by atoms with Crippen molar-refractivity contribution >= 4 is 34.8 Å². The molecule has 1 N–H and O–H groups in total. The lowest BCUT2D eigenvalue weighted by molar-refractivity contribution is -0.137. The molecule has 0 unspecified atom stereocenters. The van der Waals surface area contributed by atoms with E-state index in [0.717, 1.165) is 12.1 Å². The monoisotopic (exact) mass is 407 g/mol. The molecule has 1 aliphatic heterocycles. The molecule has 0 radical (unpaired) electrons. The molecule has 2 aromatic rings. The molecule has 0 aromatic heterocycles. The third-order valence-electron chi connectivity index (χ3n) is 4.34. The Balaban J connectivity index is 1.73. The molecule has 1 fully saturated rings. The van der Waals surface area contributed by atoms with E-state index in [2.05, 4.69) is 5.32 Å². The molecule has 0 aliphatic carbocycles. The molecule has 0 spiro atoms. The van der Waals surface area contributed by atoms with Gasteiger partial charge in [-0.05, 0) is 36.4 Å². The van der Waals surface area contributed by atoms with E-state index in [1.54, 1.807) is 0 Å². The maximum absolute atomic E-state index is 12.9. The van der Waals surface area contributed by atoms with E-state index in [4.69, 9.17) is 16.9 Å². The molecule has 0 bridgehead atoms. The molecule has 1 saturated heterocycles. The Labute approximate surface area is 163 Å². The van der Waals surface area contributed by atoms with E-state index in [0.29, 0.717) is 5.69 Å². The third kappa shape index (κ3) is 4.10. The van der Waals surface area contributed by atoms with Crippen molar-refractivity contribution in [3.8, 4) is 6.07 Å². The molecule has 9 heteroatoms. The zero-order chi connectivity index (χ0) is 20.5. The summed E-state index contributed by atoms with van der Waals surface area (Å²) in [6, 6.07) is 10.7. The highest BCUT2D eigenvalue weighted by atomic mass is 35.5. The summed E-state index contributed by atoms with van der Waals surface area (Å²) in [4.78, 5) is 25.9. The molecule has 1 atom stereocenters. The second-order valence-corrected chi connectivity index (χ2v) is 6.66. The zero-order valence-corrected chi connectivity index (χ0v) is 15.0. The summed E-state index contributed by atoms with van der Waals surface area (Å²) in [6.07, 6.45) is -4.64. The number of hydrogen-bond donors (Lipinski definition) is 1. The fourth-order valence-electron chi connectivity index (χ4n) is 2.91. The summed E-state index contributed by atoms with van der Waals surface area (Å²) in [6.45, 7) is -0.0318. The van der Waals surface area contributed by atoms with Crippen molar-refractivity contribution in [3.63, 3.8) is 0 Å². The van der Waals surface area contributed by atoms with Crippen LogP contribution in [0.25, 0.3) is 0 Å². The lowest BCUT2D eigenvalue weighted by atomic mass is 10.1. The highest BCUT2D eigenvalue weighted by Gasteiger charge is 2.37. The van der Waals surface area contributed by atoms with Gasteiger partial charge in [-0.1, -0.05) is 17.7 Å². The number of nitrogens with one attached hydrogen (secondary N) is 1. The van der Waals surface area contributed by atoms with Gasteiger partial charge in [0.2, 0.25) is 11.8 Å². The Kier molecular flexibility index (Phi) is 5.29. The number of hydrogen-bond acceptors (Lipinski definition) is 3. The van der Waals surface area contributed by atoms with Crippen LogP contribution in [0.15, 0.2) is 42.5 Å². The van der Waals surface area contributed by atoms with Crippen LogP contribution in [0, 0.1) is 17.2 Å². The van der Waals surface area contributed by atoms with Gasteiger partial charge in [0.25, 0.3) is 0 Å². The van der Waals surface area contributed by atoms with Gasteiger partial charge in [-0.15, -0.1) is 0 Å². The van der Waals surface area contributed by atoms with Gasteiger partial charge in [0, 0.05) is 24.3 Å². The predicted octanol–water partition coefficient (Wildman–Crippen LogP) is 4.22. The number of nitrogens with zero attached hydrogens (tertiary/aromatic N) is 2. The second kappa shape index (κ2) is 7.52. The molecular weight excluding hydrogens is 395 g/mol. The molecule has 1 aliphatic rings. The quantitative estimate of drug-likeness (QED) is 0.827. The van der Waals surface area contributed by atoms with Crippen LogP contribution >= 0.6 is 11.6 Å². The Morgan fingerprint density at radius 2 is 2.00 bits per heavy atom. The van der Waals surface area contributed by atoms with Crippen LogP contribution in [0.3, 0.4) is 0 Å². The number of anilines is 2. The summed E-state index contributed by atoms with van der Waals surface area (Å²) in [5, 5.41) is 11.7. The minimum atomic E-state index is -4.52. The molecule has 28 heavy (non-hydrogen) atoms. The van der Waals surface area contributed by atoms with Crippen molar-refractivity contribution < 1.29 is 22.8 Å². The van der Waals surface area contributed by atoms with E-state index < -0.39 is 29.5 Å². The average molecular weight is 408 g/mol. The summed E-state index contributed by atoms with van der Waals surface area (Å²) >= 11 is 5.92. The zero-order valence-electron chi connectivity index (χ0n) is 14.3. The second-order valence-electron chi connectivity index (χ2n) is 6.25. The van der Waals surface area contributed by atoms with Crippen molar-refractivity contribution in [2.45, 2.75) is 12.6 Å². The van der Waals surface area contributed by atoms with Crippen molar-refractivity contribution in [1.82, 2.24) is 0 Å². The first-order valence-corrected chi connectivity index (χ1v) is 8.55. The lowest BCUT2D eigenvalue weighted by Gasteiger charge is -2.18. The number of halogens is 4. The Bertz CT molecular complexity index is 985. The Hall–Kier alpha value is -3.05. The van der Waals surface area contributed by atoms with Gasteiger partial charge in [0.05, 0.1) is 22.1 Å². The van der Waals surface area contributed by atoms with Gasteiger partial charge in [0.1, 0.15) is 6.07 Å². The summed E-state index contributed by atoms with van der Waals surface area (Å²) < 4.78 is 38.7. The first-order chi connectivity index (χ1) is 13.2. The van der Waals surface area contributed by atoms with Crippen molar-refractivity contribution in [2.24, 2.45) is 5.92 Å². The van der Waals surface area contributed by atoms with E-state index >= 15 is 0 Å². The van der Waals surface area contributed by atoms with Gasteiger partial charge in [0.15, 0.2) is 0 Å². The number of carbonyl (C=O) groups excluding carboxylic acids is 2. The van der Waals surface area contributed by atoms with E-state index in [1.807, 2.05) is 6.07 Å². The normalized spacial score (nSPS) is 16.8. The number of rotatable bonds is 3. The third-order valence-corrected chi connectivity index (χ3v) is 4.65. The van der Waals surface area contributed by atoms with Gasteiger partial charge >= 0.3 is 6.18 Å². The van der Waals surface area contributed by atoms with E-state index in [1.165, 1.54) is 35.2 Å². The van der Waals surface area contributed by atoms with Crippen LogP contribution < -0.4 is 10.2 Å². The van der Waals surface area contributed by atoms with Gasteiger partial charge in [-0.25, -0.2) is 0 Å². The molecule has 144 valence electrons. The molecular formula is C19H13ClF3N3O2. The van der Waals surface area contributed by atoms with Gasteiger partial charge in [-0.3, -0.25) is 9.59 Å². The van der Waals surface area contributed by atoms with Crippen LogP contribution in [-0.2, 0) is 15.8 Å². The van der Waals surface area contributed by atoms with Crippen molar-refractivity contribution in [3.05, 3.63) is 58.6 Å². The minimum Gasteiger partial charge on any atom is -0.326 e. The lowest BCUT2D eigenvalue weighted by Crippen LogP contribution is -2.28. The number of amides is 2. The van der Waals surface area contributed by atoms with Crippen LogP contribution in [-0.4, -0.2) is 18.4 Å². The standard InChI is InChI=1S/C19H13ClF3N3O2/c20-16-8-14(5-4-11(16)9-24)25-18(28)12-6-17(27)26(10-12)15-3-1-2-13(7-15)19(21,22)23/h1-5,7-8,12H,6,10H2,(H,25,28)/t12-/m1/s1. The fraction of sp³-hybridized carbons (Fsp3) is 0.211. The smallest absolute Gasteiger partial charge is 0.326 e. The highest BCUT2D eigenvalue weighted by Crippen LogP contribution is 2.33. The van der Waals surface area contributed by atoms with Crippen LogP contribution in [0.2, 0.25) is 5.02 Å². The largest absolute Gasteiger partial charge is 0.416 e. The van der Waals surface area contributed by atoms with Crippen LogP contribution in [0.1, 0.15) is 17.5 Å².